The first-order valence-electron chi connectivity index (χ1n) is 14.8. The highest BCUT2D eigenvalue weighted by Crippen LogP contribution is 2.53. The summed E-state index contributed by atoms with van der Waals surface area (Å²) in [5, 5.41) is 11.3. The first-order chi connectivity index (χ1) is 20.7. The van der Waals surface area contributed by atoms with Crippen molar-refractivity contribution in [2.75, 3.05) is 0 Å². The second kappa shape index (κ2) is 9.76. The molecule has 0 bridgehead atoms. The summed E-state index contributed by atoms with van der Waals surface area (Å²) in [7, 11) is -2.10. The van der Waals surface area contributed by atoms with Crippen LogP contribution in [0.2, 0.25) is 0 Å². The average Bonchev–Trinajstić information content (AvgIpc) is 3.88. The number of aryl methyl sites for hydroxylation is 1. The molecule has 12 heteroatoms. The molecule has 3 heterocycles. The van der Waals surface area contributed by atoms with Crippen LogP contribution in [0.4, 0.5) is 4.39 Å². The lowest BCUT2D eigenvalue weighted by atomic mass is 9.61. The van der Waals surface area contributed by atoms with Gasteiger partial charge in [-0.05, 0) is 87.3 Å². The van der Waals surface area contributed by atoms with Gasteiger partial charge in [0.1, 0.15) is 10.7 Å². The molecule has 4 aliphatic rings. The number of halogens is 1. The summed E-state index contributed by atoms with van der Waals surface area (Å²) in [5.41, 5.74) is 3.58. The third-order valence-corrected chi connectivity index (χ3v) is 12.2. The van der Waals surface area contributed by atoms with Gasteiger partial charge in [0.05, 0.1) is 34.9 Å². The van der Waals surface area contributed by atoms with E-state index in [1.54, 1.807) is 40.6 Å². The Morgan fingerprint density at radius 2 is 1.86 bits per heavy atom. The molecule has 3 fully saturated rings. The second-order valence-corrected chi connectivity index (χ2v) is 15.1. The molecule has 1 aromatic carbocycles. The molecule has 2 atom stereocenters. The zero-order chi connectivity index (χ0) is 29.5. The molecular weight excluding hydrogens is 588 g/mol. The number of fused-ring (bicyclic) bond motifs is 2. The van der Waals surface area contributed by atoms with Crippen LogP contribution in [0.3, 0.4) is 0 Å². The van der Waals surface area contributed by atoms with E-state index in [0.717, 1.165) is 53.9 Å². The van der Waals surface area contributed by atoms with Crippen molar-refractivity contribution in [3.63, 3.8) is 0 Å². The Balaban J connectivity index is 1.21. The number of carbonyl (C=O) groups excluding carboxylic acids is 1. The summed E-state index contributed by atoms with van der Waals surface area (Å²) in [5.74, 6) is 0.0860. The minimum atomic E-state index is -3.81. The predicted octanol–water partition coefficient (Wildman–Crippen LogP) is 5.29. The number of sulfonamides is 1. The largest absolute Gasteiger partial charge is 0.290 e. The van der Waals surface area contributed by atoms with Crippen molar-refractivity contribution in [3.8, 4) is 5.69 Å². The summed E-state index contributed by atoms with van der Waals surface area (Å²) >= 11 is 1.40. The number of rotatable bonds is 8. The molecule has 3 aromatic heterocycles. The Morgan fingerprint density at radius 1 is 1.07 bits per heavy atom. The third-order valence-electron chi connectivity index (χ3n) is 9.38. The summed E-state index contributed by atoms with van der Waals surface area (Å²) in [4.78, 5) is 19.7. The highest BCUT2D eigenvalue weighted by atomic mass is 32.2. The maximum atomic E-state index is 14.7. The van der Waals surface area contributed by atoms with Crippen LogP contribution in [0.5, 0.6) is 0 Å². The molecule has 0 aliphatic heterocycles. The number of aromatic nitrogens is 5. The van der Waals surface area contributed by atoms with Gasteiger partial charge in [-0.2, -0.15) is 14.5 Å². The van der Waals surface area contributed by atoms with Gasteiger partial charge in [-0.3, -0.25) is 9.48 Å². The molecule has 0 radical (unpaired) electrons. The number of hydrogen-bond acceptors (Lipinski definition) is 7. The Kier molecular flexibility index (Phi) is 6.15. The van der Waals surface area contributed by atoms with Crippen LogP contribution in [0.25, 0.3) is 11.8 Å². The van der Waals surface area contributed by atoms with Crippen LogP contribution in [-0.2, 0) is 23.5 Å². The minimum Gasteiger partial charge on any atom is -0.290 e. The molecule has 43 heavy (non-hydrogen) atoms. The zero-order valence-corrected chi connectivity index (χ0v) is 25.3. The number of hydrogen-bond donors (Lipinski definition) is 0. The van der Waals surface area contributed by atoms with Gasteiger partial charge < -0.3 is 0 Å². The summed E-state index contributed by atoms with van der Waals surface area (Å²) < 4.78 is 46.7. The van der Waals surface area contributed by atoms with Crippen LogP contribution < -0.4 is 0 Å². The highest BCUT2D eigenvalue weighted by Gasteiger charge is 2.54. The molecule has 3 saturated carbocycles. The smallest absolute Gasteiger partial charge is 0.246 e. The fourth-order valence-electron chi connectivity index (χ4n) is 6.92. The van der Waals surface area contributed by atoms with Crippen LogP contribution >= 0.6 is 11.3 Å². The monoisotopic (exact) mass is 618 g/mol. The molecule has 0 saturated heterocycles. The van der Waals surface area contributed by atoms with E-state index in [4.69, 9.17) is 4.98 Å². The summed E-state index contributed by atoms with van der Waals surface area (Å²) in [6.45, 7) is 0. The van der Waals surface area contributed by atoms with Crippen molar-refractivity contribution in [3.05, 3.63) is 81.6 Å². The lowest BCUT2D eigenvalue weighted by molar-refractivity contribution is 0.0738. The Bertz CT molecular complexity index is 1880. The van der Waals surface area contributed by atoms with Gasteiger partial charge in [-0.1, -0.05) is 5.57 Å². The number of allylic oxidation sites excluding steroid dienone is 1. The SMILES string of the molecule is Cn1cc(S(=O)(=O)N(C2CC2)[C@H]2CCC3=Cc4c(cnn4-c4ccc(F)cc4)C[C@]3(C(=O)c3nc(C4CC4)cs3)C2)cn1. The van der Waals surface area contributed by atoms with Crippen molar-refractivity contribution in [2.45, 2.75) is 74.3 Å². The molecule has 0 unspecified atom stereocenters. The van der Waals surface area contributed by atoms with Crippen molar-refractivity contribution in [2.24, 2.45) is 12.5 Å². The number of Topliss-reactive ketones (excluding diaryl/α,β-unsaturated/α-hetero) is 1. The molecule has 8 rings (SSSR count). The first-order valence-corrected chi connectivity index (χ1v) is 17.1. The van der Waals surface area contributed by atoms with E-state index in [1.165, 1.54) is 34.3 Å². The summed E-state index contributed by atoms with van der Waals surface area (Å²) in [6, 6.07) is 5.79. The normalized spacial score (nSPS) is 23.6. The topological polar surface area (TPSA) is 103 Å². The van der Waals surface area contributed by atoms with Crippen LogP contribution in [0.15, 0.2) is 58.7 Å². The highest BCUT2D eigenvalue weighted by molar-refractivity contribution is 7.89. The van der Waals surface area contributed by atoms with Crippen LogP contribution in [0, 0.1) is 11.2 Å². The molecule has 0 amide bonds. The zero-order valence-electron chi connectivity index (χ0n) is 23.7. The second-order valence-electron chi connectivity index (χ2n) is 12.4. The Morgan fingerprint density at radius 3 is 2.56 bits per heavy atom. The lowest BCUT2D eigenvalue weighted by Gasteiger charge is -2.46. The number of benzene rings is 1. The minimum absolute atomic E-state index is 0.0324. The van der Waals surface area contributed by atoms with Gasteiger partial charge in [-0.25, -0.2) is 22.5 Å². The molecule has 0 spiro atoms. The molecule has 0 N–H and O–H groups in total. The van der Waals surface area contributed by atoms with E-state index < -0.39 is 15.4 Å². The van der Waals surface area contributed by atoms with Gasteiger partial charge in [0, 0.05) is 36.6 Å². The average molecular weight is 619 g/mol. The first kappa shape index (κ1) is 27.1. The molecular formula is C31H31FN6O3S2. The van der Waals surface area contributed by atoms with E-state index in [9.17, 15) is 17.6 Å². The van der Waals surface area contributed by atoms with Gasteiger partial charge >= 0.3 is 0 Å². The number of carbonyl (C=O) groups is 1. The number of nitrogens with zero attached hydrogens (tertiary/aromatic N) is 6. The molecule has 222 valence electrons. The van der Waals surface area contributed by atoms with Gasteiger partial charge in [0.15, 0.2) is 5.01 Å². The van der Waals surface area contributed by atoms with E-state index in [1.807, 2.05) is 5.38 Å². The Labute approximate surface area is 253 Å². The van der Waals surface area contributed by atoms with E-state index >= 15 is 0 Å². The molecule has 4 aromatic rings. The molecule has 9 nitrogen and oxygen atoms in total. The third kappa shape index (κ3) is 4.53. The fourth-order valence-corrected chi connectivity index (χ4v) is 9.75. The van der Waals surface area contributed by atoms with Gasteiger partial charge in [-0.15, -0.1) is 11.3 Å². The van der Waals surface area contributed by atoms with Crippen molar-refractivity contribution in [1.82, 2.24) is 28.9 Å². The van der Waals surface area contributed by atoms with Gasteiger partial charge in [0.2, 0.25) is 15.8 Å². The van der Waals surface area contributed by atoms with E-state index in [0.29, 0.717) is 36.6 Å². The van der Waals surface area contributed by atoms with Crippen molar-refractivity contribution >= 4 is 33.2 Å². The number of ketones is 1. The number of thiazole rings is 1. The lowest BCUT2D eigenvalue weighted by Crippen LogP contribution is -2.51. The van der Waals surface area contributed by atoms with Crippen molar-refractivity contribution in [1.29, 1.82) is 0 Å². The quantitative estimate of drug-likeness (QED) is 0.249. The fraction of sp³-hybridized carbons (Fsp3) is 0.419. The predicted molar refractivity (Wildman–Crippen MR) is 159 cm³/mol. The Hall–Kier alpha value is -3.48. The van der Waals surface area contributed by atoms with E-state index in [-0.39, 0.29) is 28.6 Å². The van der Waals surface area contributed by atoms with Crippen LogP contribution in [-0.4, -0.2) is 55.1 Å². The maximum absolute atomic E-state index is 14.7. The van der Waals surface area contributed by atoms with Crippen molar-refractivity contribution < 1.29 is 17.6 Å². The summed E-state index contributed by atoms with van der Waals surface area (Å²) in [6.07, 6.45) is 12.6. The molecule has 4 aliphatic carbocycles. The van der Waals surface area contributed by atoms with E-state index in [2.05, 4.69) is 16.3 Å². The standard InChI is InChI=1S/C31H31FN6O3S2/c1-36-17-26(16-33-36)43(40,41)38(24-10-11-24)25-7-4-21-12-28-20(15-34-37(28)23-8-5-22(32)6-9-23)13-31(21,14-25)29(39)30-35-27(18-42-30)19-2-3-19/h5-6,8-9,12,15-19,24-25H,2-4,7,10-11,13-14H2,1H3/t25-,31-/m0/s1. The van der Waals surface area contributed by atoms with Gasteiger partial charge in [0.25, 0.3) is 0 Å². The maximum Gasteiger partial charge on any atom is 0.246 e. The van der Waals surface area contributed by atoms with Crippen LogP contribution in [0.1, 0.15) is 77.6 Å².